The van der Waals surface area contributed by atoms with Crippen molar-refractivity contribution in [1.82, 2.24) is 0 Å². The van der Waals surface area contributed by atoms with Crippen molar-refractivity contribution in [3.63, 3.8) is 0 Å². The number of carbonyl (C=O) groups excluding carboxylic acids is 1. The molecule has 1 saturated heterocycles. The van der Waals surface area contributed by atoms with E-state index in [9.17, 15) is 30.0 Å². The Morgan fingerprint density at radius 1 is 1.15 bits per heavy atom. The van der Waals surface area contributed by atoms with Crippen molar-refractivity contribution in [3.05, 3.63) is 40.2 Å². The minimum atomic E-state index is -1.87. The van der Waals surface area contributed by atoms with Gasteiger partial charge in [-0.05, 0) is 24.6 Å². The Labute approximate surface area is 169 Å². The van der Waals surface area contributed by atoms with Gasteiger partial charge >= 0.3 is 35.2 Å². The van der Waals surface area contributed by atoms with Crippen LogP contribution < -0.4 is 45.0 Å². The van der Waals surface area contributed by atoms with Gasteiger partial charge in [0.25, 0.3) is 0 Å². The monoisotopic (exact) mass is 374 g/mol. The Bertz CT molecular complexity index is 864. The van der Waals surface area contributed by atoms with Crippen LogP contribution >= 0.6 is 0 Å². The number of carbonyl (C=O) groups is 1. The zero-order valence-electron chi connectivity index (χ0n) is 14.0. The molecule has 0 amide bonds. The number of hydrogen-bond donors (Lipinski definition) is 3. The smallest absolute Gasteiger partial charge is 0.547 e. The first-order valence-electron chi connectivity index (χ1n) is 7.39. The summed E-state index contributed by atoms with van der Waals surface area (Å²) in [7, 11) is 0. The number of aliphatic hydroxyl groups excluding tert-OH is 3. The van der Waals surface area contributed by atoms with E-state index in [-0.39, 0.29) is 40.9 Å². The number of carboxylic acid groups (broad SMARTS) is 1. The number of hydrogen-bond acceptors (Lipinski definition) is 9. The summed E-state index contributed by atoms with van der Waals surface area (Å²) in [6, 6.07) is 5.81. The second-order valence-electron chi connectivity index (χ2n) is 5.74. The van der Waals surface area contributed by atoms with Gasteiger partial charge in [0.1, 0.15) is 35.7 Å². The van der Waals surface area contributed by atoms with Crippen LogP contribution in [0, 0.1) is 6.92 Å². The molecule has 2 heterocycles. The van der Waals surface area contributed by atoms with Crippen molar-refractivity contribution >= 4 is 16.9 Å². The molecule has 1 aromatic carbocycles. The molecule has 3 rings (SSSR count). The predicted molar refractivity (Wildman–Crippen MR) is 79.5 cm³/mol. The number of aryl methyl sites for hydroxylation is 1. The molecule has 1 aliphatic rings. The van der Waals surface area contributed by atoms with E-state index in [1.54, 1.807) is 13.0 Å². The molecular weight excluding hydrogens is 359 g/mol. The molecule has 1 aliphatic heterocycles. The molecule has 0 bridgehead atoms. The standard InChI is InChI=1S/C16H16O9.Na/c1-6-4-10(17)24-9-5-7(2-3-8(6)9)23-16-13(20)11(18)12(19)14(25-16)15(21)22;/h2-5,11-14,16,18-20H,1H3,(H,21,22);/q;+1/p-1. The molecule has 10 heteroatoms. The summed E-state index contributed by atoms with van der Waals surface area (Å²) in [5, 5.41) is 40.9. The van der Waals surface area contributed by atoms with Crippen molar-refractivity contribution in [2.24, 2.45) is 0 Å². The van der Waals surface area contributed by atoms with E-state index in [1.807, 2.05) is 0 Å². The zero-order valence-corrected chi connectivity index (χ0v) is 16.0. The second-order valence-corrected chi connectivity index (χ2v) is 5.74. The van der Waals surface area contributed by atoms with E-state index in [1.165, 1.54) is 18.2 Å². The average molecular weight is 374 g/mol. The quantitative estimate of drug-likeness (QED) is 0.355. The van der Waals surface area contributed by atoms with Gasteiger partial charge in [-0.25, -0.2) is 4.79 Å². The molecule has 5 unspecified atom stereocenters. The van der Waals surface area contributed by atoms with E-state index in [2.05, 4.69) is 0 Å². The van der Waals surface area contributed by atoms with E-state index >= 15 is 0 Å². The summed E-state index contributed by atoms with van der Waals surface area (Å²) in [4.78, 5) is 22.4. The normalized spacial score (nSPS) is 28.4. The first-order valence-corrected chi connectivity index (χ1v) is 7.39. The minimum Gasteiger partial charge on any atom is -0.547 e. The van der Waals surface area contributed by atoms with Crippen LogP contribution in [-0.4, -0.2) is 52.0 Å². The van der Waals surface area contributed by atoms with Crippen LogP contribution in [0.1, 0.15) is 5.56 Å². The Morgan fingerprint density at radius 2 is 1.85 bits per heavy atom. The largest absolute Gasteiger partial charge is 1.00 e. The topological polar surface area (TPSA) is 149 Å². The number of fused-ring (bicyclic) bond motifs is 1. The maximum Gasteiger partial charge on any atom is 1.00 e. The van der Waals surface area contributed by atoms with Crippen LogP contribution in [-0.2, 0) is 9.53 Å². The van der Waals surface area contributed by atoms with Gasteiger partial charge in [-0.3, -0.25) is 0 Å². The summed E-state index contributed by atoms with van der Waals surface area (Å²) in [6.07, 6.45) is -8.82. The maximum absolute atomic E-state index is 11.4. The van der Waals surface area contributed by atoms with E-state index in [4.69, 9.17) is 13.9 Å². The van der Waals surface area contributed by atoms with Crippen LogP contribution in [0.4, 0.5) is 0 Å². The minimum absolute atomic E-state index is 0. The summed E-state index contributed by atoms with van der Waals surface area (Å²) < 4.78 is 15.4. The van der Waals surface area contributed by atoms with Crippen molar-refractivity contribution < 1.29 is 68.7 Å². The third-order valence-corrected chi connectivity index (χ3v) is 3.98. The van der Waals surface area contributed by atoms with Gasteiger partial charge in [0, 0.05) is 17.5 Å². The first-order chi connectivity index (χ1) is 11.8. The number of rotatable bonds is 3. The Kier molecular flexibility index (Phi) is 6.46. The number of aliphatic hydroxyl groups is 3. The van der Waals surface area contributed by atoms with Crippen molar-refractivity contribution in [3.8, 4) is 5.75 Å². The molecule has 0 spiro atoms. The molecule has 5 atom stereocenters. The summed E-state index contributed by atoms with van der Waals surface area (Å²) >= 11 is 0. The number of carboxylic acids is 1. The maximum atomic E-state index is 11.4. The van der Waals surface area contributed by atoms with Gasteiger partial charge in [0.15, 0.2) is 0 Å². The van der Waals surface area contributed by atoms with E-state index in [0.29, 0.717) is 10.9 Å². The average Bonchev–Trinajstić information content (AvgIpc) is 2.54. The van der Waals surface area contributed by atoms with Gasteiger partial charge in [-0.15, -0.1) is 0 Å². The number of ether oxygens (including phenoxy) is 2. The van der Waals surface area contributed by atoms with Gasteiger partial charge in [-0.1, -0.05) is 0 Å². The zero-order chi connectivity index (χ0) is 18.3. The van der Waals surface area contributed by atoms with Crippen LogP contribution in [0.3, 0.4) is 0 Å². The van der Waals surface area contributed by atoms with Gasteiger partial charge in [0.05, 0.1) is 5.97 Å². The molecule has 134 valence electrons. The summed E-state index contributed by atoms with van der Waals surface area (Å²) in [5.41, 5.74) is 0.374. The fraction of sp³-hybridized carbons (Fsp3) is 0.375. The Hall–Kier alpha value is -1.46. The molecule has 9 nitrogen and oxygen atoms in total. The van der Waals surface area contributed by atoms with Crippen molar-refractivity contribution in [1.29, 1.82) is 0 Å². The number of aliphatic carboxylic acids is 1. The van der Waals surface area contributed by atoms with Crippen molar-refractivity contribution in [2.45, 2.75) is 37.6 Å². The van der Waals surface area contributed by atoms with Crippen LogP contribution in [0.2, 0.25) is 0 Å². The third kappa shape index (κ3) is 3.94. The van der Waals surface area contributed by atoms with E-state index < -0.39 is 42.3 Å². The van der Waals surface area contributed by atoms with Crippen LogP contribution in [0.25, 0.3) is 11.0 Å². The predicted octanol–water partition coefficient (Wildman–Crippen LogP) is -4.96. The molecular formula is C16H15NaO9. The van der Waals surface area contributed by atoms with Gasteiger partial charge in [0.2, 0.25) is 6.29 Å². The molecule has 1 fully saturated rings. The molecule has 0 radical (unpaired) electrons. The molecule has 2 aromatic rings. The van der Waals surface area contributed by atoms with E-state index in [0.717, 1.165) is 0 Å². The fourth-order valence-electron chi connectivity index (χ4n) is 2.65. The van der Waals surface area contributed by atoms with Crippen LogP contribution in [0.5, 0.6) is 5.75 Å². The second kappa shape index (κ2) is 8.05. The molecule has 26 heavy (non-hydrogen) atoms. The SMILES string of the molecule is Cc1cc(=O)oc2cc(OC3OC(C(=O)[O-])C(O)C(O)C3O)ccc12.[Na+]. The molecule has 1 aromatic heterocycles. The number of benzene rings is 1. The van der Waals surface area contributed by atoms with Crippen molar-refractivity contribution in [2.75, 3.05) is 0 Å². The third-order valence-electron chi connectivity index (χ3n) is 3.98. The molecule has 3 N–H and O–H groups in total. The molecule has 0 saturated carbocycles. The Balaban J connectivity index is 0.00000243. The van der Waals surface area contributed by atoms with Gasteiger partial charge in [-0.2, -0.15) is 0 Å². The summed E-state index contributed by atoms with van der Waals surface area (Å²) in [6.45, 7) is 1.73. The van der Waals surface area contributed by atoms with Crippen LogP contribution in [0.15, 0.2) is 33.5 Å². The summed E-state index contributed by atoms with van der Waals surface area (Å²) in [5.74, 6) is -1.65. The Morgan fingerprint density at radius 3 is 2.50 bits per heavy atom. The fourth-order valence-corrected chi connectivity index (χ4v) is 2.65. The van der Waals surface area contributed by atoms with Gasteiger partial charge < -0.3 is 39.1 Å². The first kappa shape index (κ1) is 20.8. The molecule has 0 aliphatic carbocycles.